The van der Waals surface area contributed by atoms with Crippen molar-refractivity contribution in [3.8, 4) is 0 Å². The molecule has 1 aromatic heterocycles. The molecule has 0 atom stereocenters. The molecular formula is C8H10N2. The summed E-state index contributed by atoms with van der Waals surface area (Å²) in [6.45, 7) is 0. The van der Waals surface area contributed by atoms with Crippen LogP contribution in [0.25, 0.3) is 0 Å². The van der Waals surface area contributed by atoms with Crippen molar-refractivity contribution in [2.45, 2.75) is 19.3 Å². The predicted molar refractivity (Wildman–Crippen MR) is 40.7 cm³/mol. The van der Waals surface area contributed by atoms with E-state index in [-0.39, 0.29) is 0 Å². The third kappa shape index (κ3) is 0.685. The highest BCUT2D eigenvalue weighted by Gasteiger charge is 2.13. The predicted octanol–water partition coefficient (Wildman–Crippen LogP) is 1.15. The number of anilines is 1. The number of hydrogen-bond donors (Lipinski definition) is 1. The van der Waals surface area contributed by atoms with E-state index in [1.54, 1.807) is 6.20 Å². The van der Waals surface area contributed by atoms with Crippen LogP contribution >= 0.6 is 0 Å². The van der Waals surface area contributed by atoms with E-state index in [0.29, 0.717) is 0 Å². The van der Waals surface area contributed by atoms with Crippen LogP contribution in [-0.2, 0) is 12.8 Å². The van der Waals surface area contributed by atoms with Crippen LogP contribution in [-0.4, -0.2) is 4.98 Å². The summed E-state index contributed by atoms with van der Waals surface area (Å²) >= 11 is 0. The Hall–Kier alpha value is -1.05. The molecule has 2 heteroatoms. The van der Waals surface area contributed by atoms with Crippen LogP contribution in [0.15, 0.2) is 12.3 Å². The van der Waals surface area contributed by atoms with Gasteiger partial charge in [-0.15, -0.1) is 0 Å². The highest BCUT2D eigenvalue weighted by molar-refractivity contribution is 5.49. The Labute approximate surface area is 60.1 Å². The quantitative estimate of drug-likeness (QED) is 0.578. The second-order valence-corrected chi connectivity index (χ2v) is 2.68. The van der Waals surface area contributed by atoms with E-state index >= 15 is 0 Å². The largest absolute Gasteiger partial charge is 0.398 e. The number of aryl methyl sites for hydroxylation is 1. The van der Waals surface area contributed by atoms with Gasteiger partial charge in [-0.2, -0.15) is 0 Å². The number of aromatic nitrogens is 1. The van der Waals surface area contributed by atoms with E-state index in [1.807, 2.05) is 6.07 Å². The van der Waals surface area contributed by atoms with E-state index in [1.165, 1.54) is 17.7 Å². The van der Waals surface area contributed by atoms with Gasteiger partial charge < -0.3 is 5.73 Å². The molecule has 0 saturated heterocycles. The summed E-state index contributed by atoms with van der Waals surface area (Å²) in [5.41, 5.74) is 9.14. The molecule has 0 amide bonds. The van der Waals surface area contributed by atoms with Gasteiger partial charge in [0.2, 0.25) is 0 Å². The zero-order chi connectivity index (χ0) is 6.97. The van der Waals surface area contributed by atoms with E-state index in [2.05, 4.69) is 4.98 Å². The molecule has 1 aliphatic carbocycles. The smallest absolute Gasteiger partial charge is 0.0456 e. The van der Waals surface area contributed by atoms with Gasteiger partial charge in [0.15, 0.2) is 0 Å². The van der Waals surface area contributed by atoms with E-state index in [4.69, 9.17) is 5.73 Å². The molecule has 2 rings (SSSR count). The lowest BCUT2D eigenvalue weighted by atomic mass is 10.2. The van der Waals surface area contributed by atoms with Crippen LogP contribution < -0.4 is 5.73 Å². The minimum Gasteiger partial charge on any atom is -0.398 e. The minimum absolute atomic E-state index is 0.919. The number of hydrogen-bond acceptors (Lipinski definition) is 2. The molecule has 0 saturated carbocycles. The molecule has 2 nitrogen and oxygen atoms in total. The van der Waals surface area contributed by atoms with Crippen LogP contribution in [0.4, 0.5) is 5.69 Å². The molecule has 0 spiro atoms. The maximum atomic E-state index is 5.73. The van der Waals surface area contributed by atoms with Gasteiger partial charge >= 0.3 is 0 Å². The topological polar surface area (TPSA) is 38.9 Å². The summed E-state index contributed by atoms with van der Waals surface area (Å²) < 4.78 is 0. The Balaban J connectivity index is 2.59. The van der Waals surface area contributed by atoms with Crippen LogP contribution in [0, 0.1) is 0 Å². The molecule has 0 aliphatic heterocycles. The number of nitrogens with zero attached hydrogens (tertiary/aromatic N) is 1. The Bertz CT molecular complexity index is 255. The first kappa shape index (κ1) is 5.71. The second-order valence-electron chi connectivity index (χ2n) is 2.68. The Morgan fingerprint density at radius 1 is 1.40 bits per heavy atom. The normalized spacial score (nSPS) is 15.2. The monoisotopic (exact) mass is 134 g/mol. The van der Waals surface area contributed by atoms with E-state index < -0.39 is 0 Å². The fourth-order valence-corrected chi connectivity index (χ4v) is 1.49. The summed E-state index contributed by atoms with van der Waals surface area (Å²) in [6, 6.07) is 1.88. The molecule has 0 unspecified atom stereocenters. The van der Waals surface area contributed by atoms with Crippen LogP contribution in [0.5, 0.6) is 0 Å². The molecule has 52 valence electrons. The van der Waals surface area contributed by atoms with Crippen molar-refractivity contribution in [3.05, 3.63) is 23.5 Å². The highest BCUT2D eigenvalue weighted by Crippen LogP contribution is 2.24. The van der Waals surface area contributed by atoms with E-state index in [0.717, 1.165) is 18.5 Å². The Morgan fingerprint density at radius 2 is 2.30 bits per heavy atom. The van der Waals surface area contributed by atoms with Crippen LogP contribution in [0.3, 0.4) is 0 Å². The second kappa shape index (κ2) is 1.97. The lowest BCUT2D eigenvalue weighted by Gasteiger charge is -1.99. The average molecular weight is 134 g/mol. The molecule has 1 heterocycles. The van der Waals surface area contributed by atoms with Gasteiger partial charge in [-0.25, -0.2) is 0 Å². The summed E-state index contributed by atoms with van der Waals surface area (Å²) in [5, 5.41) is 0. The lowest BCUT2D eigenvalue weighted by Crippen LogP contribution is -1.94. The molecule has 0 radical (unpaired) electrons. The zero-order valence-corrected chi connectivity index (χ0v) is 5.80. The number of rotatable bonds is 0. The van der Waals surface area contributed by atoms with Gasteiger partial charge in [-0.3, -0.25) is 4.98 Å². The van der Waals surface area contributed by atoms with Crippen LogP contribution in [0.2, 0.25) is 0 Å². The van der Waals surface area contributed by atoms with Crippen molar-refractivity contribution in [2.24, 2.45) is 0 Å². The first-order valence-corrected chi connectivity index (χ1v) is 3.60. The van der Waals surface area contributed by atoms with Gasteiger partial charge in [0.1, 0.15) is 0 Å². The zero-order valence-electron chi connectivity index (χ0n) is 5.80. The summed E-state index contributed by atoms with van der Waals surface area (Å²) in [5.74, 6) is 0. The van der Waals surface area contributed by atoms with Crippen molar-refractivity contribution in [1.82, 2.24) is 4.98 Å². The Kier molecular flexibility index (Phi) is 1.13. The van der Waals surface area contributed by atoms with Gasteiger partial charge in [-0.1, -0.05) is 0 Å². The summed E-state index contributed by atoms with van der Waals surface area (Å²) in [7, 11) is 0. The number of nitrogens with two attached hydrogens (primary N) is 1. The van der Waals surface area contributed by atoms with Crippen molar-refractivity contribution in [1.29, 1.82) is 0 Å². The molecule has 0 aromatic carbocycles. The summed E-state index contributed by atoms with van der Waals surface area (Å²) in [4.78, 5) is 4.24. The molecule has 0 fully saturated rings. The molecule has 0 bridgehead atoms. The molecular weight excluding hydrogens is 124 g/mol. The maximum Gasteiger partial charge on any atom is 0.0456 e. The third-order valence-electron chi connectivity index (χ3n) is 2.02. The van der Waals surface area contributed by atoms with E-state index in [9.17, 15) is 0 Å². The number of fused-ring (bicyclic) bond motifs is 1. The molecule has 1 aromatic rings. The fraction of sp³-hybridized carbons (Fsp3) is 0.375. The first-order chi connectivity index (χ1) is 4.88. The van der Waals surface area contributed by atoms with Crippen molar-refractivity contribution < 1.29 is 0 Å². The van der Waals surface area contributed by atoms with Gasteiger partial charge in [-0.05, 0) is 30.9 Å². The molecule has 1 aliphatic rings. The van der Waals surface area contributed by atoms with Crippen molar-refractivity contribution in [2.75, 3.05) is 5.73 Å². The third-order valence-corrected chi connectivity index (χ3v) is 2.02. The van der Waals surface area contributed by atoms with Crippen molar-refractivity contribution in [3.63, 3.8) is 0 Å². The van der Waals surface area contributed by atoms with Crippen LogP contribution in [0.1, 0.15) is 17.7 Å². The molecule has 2 N–H and O–H groups in total. The maximum absolute atomic E-state index is 5.73. The lowest BCUT2D eigenvalue weighted by molar-refractivity contribution is 0.900. The first-order valence-electron chi connectivity index (χ1n) is 3.60. The van der Waals surface area contributed by atoms with Gasteiger partial charge in [0.05, 0.1) is 0 Å². The Morgan fingerprint density at radius 3 is 3.10 bits per heavy atom. The SMILES string of the molecule is Nc1ccnc2c1CCC2. The fourth-order valence-electron chi connectivity index (χ4n) is 1.49. The van der Waals surface area contributed by atoms with Gasteiger partial charge in [0, 0.05) is 17.6 Å². The summed E-state index contributed by atoms with van der Waals surface area (Å²) in [6.07, 6.45) is 5.24. The standard InChI is InChI=1S/C8H10N2/c9-7-4-5-10-8-3-1-2-6(7)8/h4-5H,1-3H2,(H2,9,10). The number of nitrogen functional groups attached to an aromatic ring is 1. The minimum atomic E-state index is 0.919. The highest BCUT2D eigenvalue weighted by atomic mass is 14.7. The van der Waals surface area contributed by atoms with Crippen molar-refractivity contribution >= 4 is 5.69 Å². The number of pyridine rings is 1. The molecule has 10 heavy (non-hydrogen) atoms. The van der Waals surface area contributed by atoms with Gasteiger partial charge in [0.25, 0.3) is 0 Å². The average Bonchev–Trinajstić information content (AvgIpc) is 2.36.